The molecule has 142 valence electrons. The van der Waals surface area contributed by atoms with Crippen LogP contribution in [0.5, 0.6) is 5.75 Å². The van der Waals surface area contributed by atoms with Crippen molar-refractivity contribution in [3.8, 4) is 5.75 Å². The van der Waals surface area contributed by atoms with Gasteiger partial charge in [0.05, 0.1) is 7.11 Å². The van der Waals surface area contributed by atoms with Crippen molar-refractivity contribution in [1.29, 1.82) is 0 Å². The predicted octanol–water partition coefficient (Wildman–Crippen LogP) is 2.02. The first-order chi connectivity index (χ1) is 12.9. The van der Waals surface area contributed by atoms with Crippen molar-refractivity contribution in [1.82, 2.24) is 14.6 Å². The summed E-state index contributed by atoms with van der Waals surface area (Å²) in [6, 6.07) is 13.0. The molecule has 1 heterocycles. The highest BCUT2D eigenvalue weighted by molar-refractivity contribution is 7.89. The molecule has 0 fully saturated rings. The van der Waals surface area contributed by atoms with Gasteiger partial charge in [-0.25, -0.2) is 13.1 Å². The van der Waals surface area contributed by atoms with Crippen LogP contribution in [0.25, 0.3) is 10.8 Å². The lowest BCUT2D eigenvalue weighted by molar-refractivity contribution is 0.0942. The maximum Gasteiger partial charge on any atom is 0.268 e. The van der Waals surface area contributed by atoms with Gasteiger partial charge in [-0.2, -0.15) is 0 Å². The number of hydrogen-bond donors (Lipinski definition) is 2. The molecule has 27 heavy (non-hydrogen) atoms. The maximum absolute atomic E-state index is 12.6. The Balaban J connectivity index is 1.88. The van der Waals surface area contributed by atoms with Crippen LogP contribution in [-0.4, -0.2) is 33.0 Å². The lowest BCUT2D eigenvalue weighted by Crippen LogP contribution is -2.25. The summed E-state index contributed by atoms with van der Waals surface area (Å²) in [6.07, 6.45) is 1.40. The summed E-state index contributed by atoms with van der Waals surface area (Å²) in [4.78, 5) is 12.7. The monoisotopic (exact) mass is 387 g/mol. The Morgan fingerprint density at radius 3 is 2.63 bits per heavy atom. The van der Waals surface area contributed by atoms with Crippen molar-refractivity contribution in [3.05, 3.63) is 59.9 Å². The van der Waals surface area contributed by atoms with Crippen LogP contribution in [0, 0.1) is 0 Å². The highest BCUT2D eigenvalue weighted by atomic mass is 32.2. The van der Waals surface area contributed by atoms with E-state index in [0.29, 0.717) is 5.75 Å². The van der Waals surface area contributed by atoms with Crippen molar-refractivity contribution in [2.75, 3.05) is 14.2 Å². The molecule has 1 aromatic heterocycles. The van der Waals surface area contributed by atoms with Crippen LogP contribution < -0.4 is 14.8 Å². The topological polar surface area (TPSA) is 89.4 Å². The van der Waals surface area contributed by atoms with Crippen LogP contribution in [0.15, 0.2) is 53.6 Å². The van der Waals surface area contributed by atoms with E-state index in [1.165, 1.54) is 23.9 Å². The largest absolute Gasteiger partial charge is 0.496 e. The number of ether oxygens (including phenoxy) is 1. The minimum absolute atomic E-state index is 0.0420. The zero-order valence-corrected chi connectivity index (χ0v) is 16.1. The third kappa shape index (κ3) is 3.67. The smallest absolute Gasteiger partial charge is 0.268 e. The van der Waals surface area contributed by atoms with Crippen molar-refractivity contribution >= 4 is 26.7 Å². The number of hydrogen-bond acceptors (Lipinski definition) is 4. The molecule has 0 radical (unpaired) electrons. The molecule has 1 amide bonds. The number of nitrogens with one attached hydrogen (secondary N) is 2. The van der Waals surface area contributed by atoms with E-state index in [2.05, 4.69) is 10.0 Å². The van der Waals surface area contributed by atoms with Gasteiger partial charge in [0.2, 0.25) is 10.0 Å². The molecule has 0 spiro atoms. The molecule has 0 unspecified atom stereocenters. The molecule has 3 rings (SSSR count). The number of sulfonamides is 1. The minimum atomic E-state index is -3.61. The van der Waals surface area contributed by atoms with Crippen molar-refractivity contribution in [2.45, 2.75) is 11.4 Å². The SMILES string of the molecule is CNS(=O)(=O)c1cc(C(=O)NCc2c(OC)ccc3ccccc23)n(C)c1. The number of aromatic nitrogens is 1. The number of carbonyl (C=O) groups excluding carboxylic acids is 1. The minimum Gasteiger partial charge on any atom is -0.496 e. The van der Waals surface area contributed by atoms with Gasteiger partial charge in [-0.05, 0) is 30.0 Å². The van der Waals surface area contributed by atoms with Gasteiger partial charge in [-0.15, -0.1) is 0 Å². The molecule has 2 N–H and O–H groups in total. The summed E-state index contributed by atoms with van der Waals surface area (Å²) < 4.78 is 33.0. The summed E-state index contributed by atoms with van der Waals surface area (Å²) in [6.45, 7) is 0.253. The fraction of sp³-hybridized carbons (Fsp3) is 0.211. The van der Waals surface area contributed by atoms with Crippen LogP contribution in [0.1, 0.15) is 16.1 Å². The zero-order valence-electron chi connectivity index (χ0n) is 15.3. The number of fused-ring (bicyclic) bond motifs is 1. The molecule has 0 atom stereocenters. The number of nitrogens with zero attached hydrogens (tertiary/aromatic N) is 1. The Morgan fingerprint density at radius 1 is 1.19 bits per heavy atom. The number of rotatable bonds is 6. The Labute approximate surface area is 158 Å². The van der Waals surface area contributed by atoms with E-state index in [-0.39, 0.29) is 23.0 Å². The Hall–Kier alpha value is -2.84. The number of benzene rings is 2. The quantitative estimate of drug-likeness (QED) is 0.677. The number of carbonyl (C=O) groups is 1. The average Bonchev–Trinajstić information content (AvgIpc) is 3.08. The molecular formula is C19H21N3O4S. The van der Waals surface area contributed by atoms with E-state index in [1.54, 1.807) is 14.2 Å². The van der Waals surface area contributed by atoms with Gasteiger partial charge in [-0.3, -0.25) is 4.79 Å². The second-order valence-corrected chi connectivity index (χ2v) is 7.92. The van der Waals surface area contributed by atoms with Crippen LogP contribution in [0.3, 0.4) is 0 Å². The van der Waals surface area contributed by atoms with E-state index >= 15 is 0 Å². The summed E-state index contributed by atoms with van der Waals surface area (Å²) in [5.41, 5.74) is 1.12. The molecule has 0 bridgehead atoms. The average molecular weight is 387 g/mol. The van der Waals surface area contributed by atoms with E-state index in [4.69, 9.17) is 4.74 Å². The molecular weight excluding hydrogens is 366 g/mol. The van der Waals surface area contributed by atoms with E-state index in [9.17, 15) is 13.2 Å². The van der Waals surface area contributed by atoms with Crippen molar-refractivity contribution in [3.63, 3.8) is 0 Å². The molecule has 8 heteroatoms. The van der Waals surface area contributed by atoms with Crippen LogP contribution in [-0.2, 0) is 23.6 Å². The maximum atomic E-state index is 12.6. The molecule has 2 aromatic carbocycles. The highest BCUT2D eigenvalue weighted by Crippen LogP contribution is 2.28. The van der Waals surface area contributed by atoms with E-state index < -0.39 is 10.0 Å². The third-order valence-corrected chi connectivity index (χ3v) is 5.82. The summed E-state index contributed by atoms with van der Waals surface area (Å²) in [5.74, 6) is 0.310. The Morgan fingerprint density at radius 2 is 1.93 bits per heavy atom. The van der Waals surface area contributed by atoms with Crippen LogP contribution in [0.4, 0.5) is 0 Å². The molecule has 0 aliphatic carbocycles. The summed E-state index contributed by atoms with van der Waals surface area (Å²) >= 11 is 0. The third-order valence-electron chi connectivity index (χ3n) is 4.43. The molecule has 0 saturated heterocycles. The number of methoxy groups -OCH3 is 1. The molecule has 0 saturated carbocycles. The fourth-order valence-corrected chi connectivity index (χ4v) is 3.77. The van der Waals surface area contributed by atoms with Gasteiger partial charge in [-0.1, -0.05) is 30.3 Å². The second kappa shape index (κ2) is 7.42. The summed E-state index contributed by atoms with van der Waals surface area (Å²) in [7, 11) is 0.929. The number of amides is 1. The van der Waals surface area contributed by atoms with E-state index in [1.807, 2.05) is 36.4 Å². The summed E-state index contributed by atoms with van der Waals surface area (Å²) in [5, 5.41) is 4.88. The van der Waals surface area contributed by atoms with Gasteiger partial charge in [0.25, 0.3) is 5.91 Å². The van der Waals surface area contributed by atoms with E-state index in [0.717, 1.165) is 16.3 Å². The van der Waals surface area contributed by atoms with Crippen LogP contribution in [0.2, 0.25) is 0 Å². The lowest BCUT2D eigenvalue weighted by Gasteiger charge is -2.13. The van der Waals surface area contributed by atoms with Crippen molar-refractivity contribution < 1.29 is 17.9 Å². The second-order valence-electron chi connectivity index (χ2n) is 6.03. The zero-order chi connectivity index (χ0) is 19.6. The Kier molecular flexibility index (Phi) is 5.20. The van der Waals surface area contributed by atoms with Gasteiger partial charge in [0.15, 0.2) is 0 Å². The van der Waals surface area contributed by atoms with Gasteiger partial charge >= 0.3 is 0 Å². The fourth-order valence-electron chi connectivity index (χ4n) is 2.97. The highest BCUT2D eigenvalue weighted by Gasteiger charge is 2.19. The lowest BCUT2D eigenvalue weighted by atomic mass is 10.0. The van der Waals surface area contributed by atoms with Crippen LogP contribution >= 0.6 is 0 Å². The first-order valence-electron chi connectivity index (χ1n) is 8.30. The molecule has 0 aliphatic rings. The first-order valence-corrected chi connectivity index (χ1v) is 9.78. The predicted molar refractivity (Wildman–Crippen MR) is 103 cm³/mol. The first kappa shape index (κ1) is 18.9. The van der Waals surface area contributed by atoms with Gasteiger partial charge < -0.3 is 14.6 Å². The van der Waals surface area contributed by atoms with Crippen molar-refractivity contribution in [2.24, 2.45) is 7.05 Å². The van der Waals surface area contributed by atoms with Gasteiger partial charge in [0, 0.05) is 25.4 Å². The standard InChI is InChI=1S/C19H21N3O4S/c1-20-27(24,25)14-10-17(22(2)12-14)19(23)21-11-16-15-7-5-4-6-13(15)8-9-18(16)26-3/h4-10,12,20H,11H2,1-3H3,(H,21,23). The number of aryl methyl sites for hydroxylation is 1. The molecule has 3 aromatic rings. The molecule has 0 aliphatic heterocycles. The molecule has 7 nitrogen and oxygen atoms in total. The van der Waals surface area contributed by atoms with Gasteiger partial charge in [0.1, 0.15) is 16.3 Å². The Bertz CT molecular complexity index is 1100. The normalized spacial score (nSPS) is 11.5.